The van der Waals surface area contributed by atoms with Crippen molar-refractivity contribution < 1.29 is 8.42 Å². The van der Waals surface area contributed by atoms with Gasteiger partial charge in [-0.1, -0.05) is 13.8 Å². The van der Waals surface area contributed by atoms with E-state index in [0.29, 0.717) is 18.2 Å². The molecule has 1 rings (SSSR count). The molecule has 0 aromatic heterocycles. The average Bonchev–Trinajstić information content (AvgIpc) is 3.12. The zero-order valence-electron chi connectivity index (χ0n) is 11.8. The summed E-state index contributed by atoms with van der Waals surface area (Å²) in [6.07, 6.45) is 5.02. The third kappa shape index (κ3) is 6.16. The van der Waals surface area contributed by atoms with E-state index in [4.69, 9.17) is 0 Å². The first-order valence-electron chi connectivity index (χ1n) is 7.28. The first kappa shape index (κ1) is 15.9. The summed E-state index contributed by atoms with van der Waals surface area (Å²) < 4.78 is 26.2. The predicted molar refractivity (Wildman–Crippen MR) is 76.2 cm³/mol. The zero-order valence-corrected chi connectivity index (χ0v) is 12.6. The fraction of sp³-hybridized carbons (Fsp3) is 1.00. The third-order valence-electron chi connectivity index (χ3n) is 3.28. The van der Waals surface area contributed by atoms with Crippen molar-refractivity contribution in [2.75, 3.05) is 31.9 Å². The first-order chi connectivity index (χ1) is 8.60. The summed E-state index contributed by atoms with van der Waals surface area (Å²) in [5, 5.41) is 3.22. The molecule has 0 amide bonds. The molecule has 0 unspecified atom stereocenters. The lowest BCUT2D eigenvalue weighted by atomic mass is 10.3. The lowest BCUT2D eigenvalue weighted by Crippen LogP contribution is -2.35. The van der Waals surface area contributed by atoms with Gasteiger partial charge in [0.05, 0.1) is 5.75 Å². The smallest absolute Gasteiger partial charge is 0.214 e. The van der Waals surface area contributed by atoms with Crippen LogP contribution in [0.5, 0.6) is 0 Å². The summed E-state index contributed by atoms with van der Waals surface area (Å²) in [7, 11) is -3.02. The molecule has 0 aliphatic heterocycles. The Kier molecular flexibility index (Phi) is 7.19. The predicted octanol–water partition coefficient (Wildman–Crippen LogP) is 1.83. The van der Waals surface area contributed by atoms with E-state index in [2.05, 4.69) is 12.2 Å². The van der Waals surface area contributed by atoms with Crippen molar-refractivity contribution in [2.45, 2.75) is 46.0 Å². The molecule has 1 N–H and O–H groups in total. The molecular formula is C13H28N2O2S. The highest BCUT2D eigenvalue weighted by Crippen LogP contribution is 2.30. The fourth-order valence-corrected chi connectivity index (χ4v) is 3.75. The monoisotopic (exact) mass is 276 g/mol. The van der Waals surface area contributed by atoms with E-state index in [1.54, 1.807) is 4.31 Å². The summed E-state index contributed by atoms with van der Waals surface area (Å²) in [6.45, 7) is 7.42. The van der Waals surface area contributed by atoms with E-state index in [0.717, 1.165) is 38.9 Å². The van der Waals surface area contributed by atoms with Crippen LogP contribution in [0, 0.1) is 5.92 Å². The van der Waals surface area contributed by atoms with E-state index in [9.17, 15) is 8.42 Å². The maximum atomic E-state index is 12.2. The number of sulfonamides is 1. The molecule has 1 aliphatic rings. The minimum atomic E-state index is -3.02. The number of rotatable bonds is 11. The summed E-state index contributed by atoms with van der Waals surface area (Å²) in [5.74, 6) is 0.943. The molecule has 108 valence electrons. The van der Waals surface area contributed by atoms with E-state index in [1.165, 1.54) is 12.8 Å². The topological polar surface area (TPSA) is 49.4 Å². The SMILES string of the molecule is CCCN(CC1CC1)S(=O)(=O)CCCCNCC. The van der Waals surface area contributed by atoms with E-state index in [-0.39, 0.29) is 0 Å². The summed E-state index contributed by atoms with van der Waals surface area (Å²) in [4.78, 5) is 0. The standard InChI is InChI=1S/C13H28N2O2S/c1-3-10-15(12-13-7-8-13)18(16,17)11-6-5-9-14-4-2/h13-14H,3-12H2,1-2H3. The highest BCUT2D eigenvalue weighted by molar-refractivity contribution is 7.89. The second kappa shape index (κ2) is 8.12. The maximum Gasteiger partial charge on any atom is 0.214 e. The molecule has 0 spiro atoms. The van der Waals surface area contributed by atoms with Crippen LogP contribution in [-0.2, 0) is 10.0 Å². The molecule has 1 aliphatic carbocycles. The number of nitrogens with one attached hydrogen (secondary N) is 1. The van der Waals surface area contributed by atoms with Crippen LogP contribution < -0.4 is 5.32 Å². The third-order valence-corrected chi connectivity index (χ3v) is 5.20. The molecule has 18 heavy (non-hydrogen) atoms. The normalized spacial score (nSPS) is 16.4. The molecule has 0 bridgehead atoms. The lowest BCUT2D eigenvalue weighted by Gasteiger charge is -2.21. The van der Waals surface area contributed by atoms with Crippen molar-refractivity contribution in [2.24, 2.45) is 5.92 Å². The van der Waals surface area contributed by atoms with Crippen molar-refractivity contribution in [1.82, 2.24) is 9.62 Å². The van der Waals surface area contributed by atoms with Crippen molar-refractivity contribution in [1.29, 1.82) is 0 Å². The Morgan fingerprint density at radius 2 is 1.94 bits per heavy atom. The zero-order chi connectivity index (χ0) is 13.4. The van der Waals surface area contributed by atoms with Gasteiger partial charge in [-0.2, -0.15) is 0 Å². The van der Waals surface area contributed by atoms with Crippen LogP contribution in [0.4, 0.5) is 0 Å². The van der Waals surface area contributed by atoms with Crippen LogP contribution in [0.3, 0.4) is 0 Å². The second-order valence-corrected chi connectivity index (χ2v) is 7.27. The molecule has 0 saturated heterocycles. The molecule has 0 aromatic carbocycles. The highest BCUT2D eigenvalue weighted by atomic mass is 32.2. The van der Waals surface area contributed by atoms with Gasteiger partial charge in [-0.25, -0.2) is 12.7 Å². The van der Waals surface area contributed by atoms with E-state index in [1.807, 2.05) is 6.92 Å². The molecule has 0 heterocycles. The largest absolute Gasteiger partial charge is 0.317 e. The van der Waals surface area contributed by atoms with Crippen LogP contribution in [0.1, 0.15) is 46.0 Å². The Morgan fingerprint density at radius 1 is 1.22 bits per heavy atom. The van der Waals surface area contributed by atoms with Crippen molar-refractivity contribution in [3.05, 3.63) is 0 Å². The quantitative estimate of drug-likeness (QED) is 0.586. The number of hydrogen-bond donors (Lipinski definition) is 1. The molecule has 5 heteroatoms. The molecular weight excluding hydrogens is 248 g/mol. The van der Waals surface area contributed by atoms with Gasteiger partial charge >= 0.3 is 0 Å². The second-order valence-electron chi connectivity index (χ2n) is 5.18. The molecule has 1 saturated carbocycles. The summed E-state index contributed by atoms with van der Waals surface area (Å²) in [6, 6.07) is 0. The number of unbranched alkanes of at least 4 members (excludes halogenated alkanes) is 1. The molecule has 0 radical (unpaired) electrons. The Bertz CT molecular complexity index is 313. The maximum absolute atomic E-state index is 12.2. The molecule has 1 fully saturated rings. The van der Waals surface area contributed by atoms with Crippen molar-refractivity contribution >= 4 is 10.0 Å². The van der Waals surface area contributed by atoms with E-state index < -0.39 is 10.0 Å². The van der Waals surface area contributed by atoms with Gasteiger partial charge in [0.1, 0.15) is 0 Å². The Balaban J connectivity index is 2.32. The van der Waals surface area contributed by atoms with Gasteiger partial charge in [-0.05, 0) is 51.1 Å². The molecule has 4 nitrogen and oxygen atoms in total. The average molecular weight is 276 g/mol. The van der Waals surface area contributed by atoms with Crippen LogP contribution >= 0.6 is 0 Å². The highest BCUT2D eigenvalue weighted by Gasteiger charge is 2.29. The van der Waals surface area contributed by atoms with Gasteiger partial charge in [0.15, 0.2) is 0 Å². The minimum Gasteiger partial charge on any atom is -0.317 e. The fourth-order valence-electron chi connectivity index (χ4n) is 2.02. The van der Waals surface area contributed by atoms with Crippen molar-refractivity contribution in [3.8, 4) is 0 Å². The Labute approximate surface area is 112 Å². The van der Waals surface area contributed by atoms with Crippen molar-refractivity contribution in [3.63, 3.8) is 0 Å². The van der Waals surface area contributed by atoms with Gasteiger partial charge in [-0.15, -0.1) is 0 Å². The summed E-state index contributed by atoms with van der Waals surface area (Å²) >= 11 is 0. The van der Waals surface area contributed by atoms with Crippen LogP contribution in [0.15, 0.2) is 0 Å². The number of hydrogen-bond acceptors (Lipinski definition) is 3. The molecule has 0 aromatic rings. The molecule has 0 atom stereocenters. The van der Waals surface area contributed by atoms with Gasteiger partial charge < -0.3 is 5.32 Å². The minimum absolute atomic E-state index is 0.311. The Hall–Kier alpha value is -0.130. The first-order valence-corrected chi connectivity index (χ1v) is 8.89. The van der Waals surface area contributed by atoms with Gasteiger partial charge in [-0.3, -0.25) is 0 Å². The van der Waals surface area contributed by atoms with E-state index >= 15 is 0 Å². The van der Waals surface area contributed by atoms with Gasteiger partial charge in [0.2, 0.25) is 10.0 Å². The van der Waals surface area contributed by atoms with Crippen LogP contribution in [-0.4, -0.2) is 44.7 Å². The van der Waals surface area contributed by atoms with Crippen LogP contribution in [0.2, 0.25) is 0 Å². The van der Waals surface area contributed by atoms with Gasteiger partial charge in [0, 0.05) is 13.1 Å². The summed E-state index contributed by atoms with van der Waals surface area (Å²) in [5.41, 5.74) is 0. The lowest BCUT2D eigenvalue weighted by molar-refractivity contribution is 0.394. The van der Waals surface area contributed by atoms with Gasteiger partial charge in [0.25, 0.3) is 0 Å². The number of nitrogens with zero attached hydrogens (tertiary/aromatic N) is 1. The van der Waals surface area contributed by atoms with Crippen LogP contribution in [0.25, 0.3) is 0 Å². The Morgan fingerprint density at radius 3 is 2.50 bits per heavy atom.